The van der Waals surface area contributed by atoms with E-state index in [0.29, 0.717) is 16.5 Å². The van der Waals surface area contributed by atoms with Gasteiger partial charge in [-0.2, -0.15) is 0 Å². The van der Waals surface area contributed by atoms with Crippen LogP contribution in [0.2, 0.25) is 0 Å². The molecule has 0 radical (unpaired) electrons. The molecular formula is C14H25NOS. The minimum Gasteiger partial charge on any atom is -0.393 e. The number of rotatable bonds is 5. The minimum absolute atomic E-state index is 0.318. The summed E-state index contributed by atoms with van der Waals surface area (Å²) < 4.78 is 6.11. The van der Waals surface area contributed by atoms with E-state index < -0.39 is 0 Å². The molecule has 17 heavy (non-hydrogen) atoms. The fourth-order valence-corrected chi connectivity index (χ4v) is 3.17. The van der Waals surface area contributed by atoms with Crippen molar-refractivity contribution in [2.75, 3.05) is 6.61 Å². The zero-order valence-electron chi connectivity index (χ0n) is 11.1. The minimum atomic E-state index is 0.318. The summed E-state index contributed by atoms with van der Waals surface area (Å²) in [4.78, 5) is 0.650. The Balaban J connectivity index is 1.73. The van der Waals surface area contributed by atoms with Gasteiger partial charge in [-0.15, -0.1) is 0 Å². The highest BCUT2D eigenvalue weighted by atomic mass is 32.1. The molecule has 2 fully saturated rings. The number of thiocarbonyl (C=S) groups is 1. The third-order valence-corrected chi connectivity index (χ3v) is 4.83. The van der Waals surface area contributed by atoms with Crippen LogP contribution in [0, 0.1) is 17.3 Å². The van der Waals surface area contributed by atoms with Crippen LogP contribution in [0.15, 0.2) is 0 Å². The highest BCUT2D eigenvalue weighted by molar-refractivity contribution is 7.80. The Hall–Kier alpha value is -0.150. The molecule has 2 aliphatic rings. The lowest BCUT2D eigenvalue weighted by Gasteiger charge is -2.33. The van der Waals surface area contributed by atoms with Crippen LogP contribution in [0.1, 0.15) is 52.4 Å². The van der Waals surface area contributed by atoms with E-state index in [4.69, 9.17) is 22.7 Å². The Bertz CT molecular complexity index is 288. The van der Waals surface area contributed by atoms with E-state index in [2.05, 4.69) is 13.8 Å². The topological polar surface area (TPSA) is 35.2 Å². The van der Waals surface area contributed by atoms with Crippen molar-refractivity contribution in [2.24, 2.45) is 23.0 Å². The molecule has 98 valence electrons. The highest BCUT2D eigenvalue weighted by Gasteiger charge is 2.44. The molecule has 2 saturated carbocycles. The molecule has 2 N–H and O–H groups in total. The highest BCUT2D eigenvalue weighted by Crippen LogP contribution is 2.49. The smallest absolute Gasteiger partial charge is 0.0733 e. The largest absolute Gasteiger partial charge is 0.393 e. The maximum atomic E-state index is 6.11. The van der Waals surface area contributed by atoms with Crippen molar-refractivity contribution in [3.05, 3.63) is 0 Å². The van der Waals surface area contributed by atoms with E-state index in [9.17, 15) is 0 Å². The number of nitrogens with two attached hydrogens (primary N) is 1. The molecule has 0 aromatic heterocycles. The average Bonchev–Trinajstić information content (AvgIpc) is 2.99. The molecule has 0 bridgehead atoms. The first-order valence-corrected chi connectivity index (χ1v) is 7.31. The molecule has 2 rings (SSSR count). The fourth-order valence-electron chi connectivity index (χ4n) is 2.86. The maximum Gasteiger partial charge on any atom is 0.0733 e. The monoisotopic (exact) mass is 255 g/mol. The summed E-state index contributed by atoms with van der Waals surface area (Å²) in [5.41, 5.74) is 5.96. The molecule has 0 spiro atoms. The van der Waals surface area contributed by atoms with Gasteiger partial charge >= 0.3 is 0 Å². The Morgan fingerprint density at radius 3 is 2.53 bits per heavy atom. The summed E-state index contributed by atoms with van der Waals surface area (Å²) in [5.74, 6) is 1.67. The van der Waals surface area contributed by atoms with Gasteiger partial charge in [0.05, 0.1) is 17.7 Å². The molecule has 0 saturated heterocycles. The van der Waals surface area contributed by atoms with Crippen LogP contribution in [0.25, 0.3) is 0 Å². The van der Waals surface area contributed by atoms with Crippen molar-refractivity contribution < 1.29 is 4.74 Å². The van der Waals surface area contributed by atoms with Crippen molar-refractivity contribution >= 4 is 17.2 Å². The van der Waals surface area contributed by atoms with Gasteiger partial charge in [-0.1, -0.05) is 26.1 Å². The van der Waals surface area contributed by atoms with Gasteiger partial charge in [-0.3, -0.25) is 0 Å². The lowest BCUT2D eigenvalue weighted by Crippen LogP contribution is -2.29. The maximum absolute atomic E-state index is 6.11. The molecule has 2 nitrogen and oxygen atoms in total. The van der Waals surface area contributed by atoms with E-state index in [0.717, 1.165) is 24.9 Å². The van der Waals surface area contributed by atoms with Crippen molar-refractivity contribution in [3.63, 3.8) is 0 Å². The van der Waals surface area contributed by atoms with Gasteiger partial charge in [0.2, 0.25) is 0 Å². The molecule has 0 aromatic carbocycles. The normalized spacial score (nSPS) is 35.5. The summed E-state index contributed by atoms with van der Waals surface area (Å²) in [6.45, 7) is 5.58. The third-order valence-electron chi connectivity index (χ3n) is 4.68. The van der Waals surface area contributed by atoms with Crippen LogP contribution in [0.3, 0.4) is 0 Å². The zero-order valence-corrected chi connectivity index (χ0v) is 11.9. The second-order valence-corrected chi connectivity index (χ2v) is 6.87. The summed E-state index contributed by atoms with van der Waals surface area (Å²) in [7, 11) is 0. The molecule has 2 aliphatic carbocycles. The van der Waals surface area contributed by atoms with Gasteiger partial charge in [0, 0.05) is 11.8 Å². The standard InChI is InChI=1S/C14H25NOS/c1-10-3-4-12(7-11(10)2)16-9-14(5-6-14)8-13(15)17/h10-12H,3-9H2,1-2H3,(H2,15,17). The predicted molar refractivity (Wildman–Crippen MR) is 75.0 cm³/mol. The van der Waals surface area contributed by atoms with Crippen LogP contribution in [-0.4, -0.2) is 17.7 Å². The molecule has 3 atom stereocenters. The summed E-state index contributed by atoms with van der Waals surface area (Å²) in [6, 6.07) is 0. The van der Waals surface area contributed by atoms with Gasteiger partial charge in [0.15, 0.2) is 0 Å². The first-order chi connectivity index (χ1) is 8.01. The van der Waals surface area contributed by atoms with Gasteiger partial charge in [0.1, 0.15) is 0 Å². The third kappa shape index (κ3) is 3.65. The SMILES string of the molecule is CC1CCC(OCC2(CC(N)=S)CC2)CC1C. The van der Waals surface area contributed by atoms with E-state index in [1.807, 2.05) is 0 Å². The Kier molecular flexibility index (Phi) is 4.09. The van der Waals surface area contributed by atoms with E-state index in [1.54, 1.807) is 0 Å². The first kappa shape index (κ1) is 13.3. The first-order valence-electron chi connectivity index (χ1n) is 6.91. The zero-order chi connectivity index (χ0) is 12.5. The molecule has 3 heteroatoms. The second kappa shape index (κ2) is 5.23. The summed E-state index contributed by atoms with van der Waals surface area (Å²) in [6.07, 6.45) is 7.60. The van der Waals surface area contributed by atoms with Crippen molar-refractivity contribution in [1.82, 2.24) is 0 Å². The van der Waals surface area contributed by atoms with Crippen LogP contribution in [-0.2, 0) is 4.74 Å². The molecule has 0 heterocycles. The van der Waals surface area contributed by atoms with Gasteiger partial charge in [0.25, 0.3) is 0 Å². The van der Waals surface area contributed by atoms with Gasteiger partial charge < -0.3 is 10.5 Å². The fraction of sp³-hybridized carbons (Fsp3) is 0.929. The quantitative estimate of drug-likeness (QED) is 0.766. The lowest BCUT2D eigenvalue weighted by molar-refractivity contribution is -0.0179. The van der Waals surface area contributed by atoms with Crippen LogP contribution in [0.5, 0.6) is 0 Å². The van der Waals surface area contributed by atoms with E-state index in [-0.39, 0.29) is 0 Å². The predicted octanol–water partition coefficient (Wildman–Crippen LogP) is 3.28. The second-order valence-electron chi connectivity index (χ2n) is 6.34. The van der Waals surface area contributed by atoms with Crippen LogP contribution >= 0.6 is 12.2 Å². The van der Waals surface area contributed by atoms with Crippen molar-refractivity contribution in [2.45, 2.75) is 58.5 Å². The lowest BCUT2D eigenvalue weighted by atomic mass is 9.80. The average molecular weight is 255 g/mol. The van der Waals surface area contributed by atoms with Crippen molar-refractivity contribution in [3.8, 4) is 0 Å². The van der Waals surface area contributed by atoms with E-state index >= 15 is 0 Å². The Labute approximate surface area is 110 Å². The summed E-state index contributed by atoms with van der Waals surface area (Å²) >= 11 is 5.01. The number of hydrogen-bond donors (Lipinski definition) is 1. The Morgan fingerprint density at radius 2 is 2.00 bits per heavy atom. The van der Waals surface area contributed by atoms with Gasteiger partial charge in [-0.25, -0.2) is 0 Å². The number of hydrogen-bond acceptors (Lipinski definition) is 2. The molecule has 0 amide bonds. The van der Waals surface area contributed by atoms with Crippen LogP contribution < -0.4 is 5.73 Å². The summed E-state index contributed by atoms with van der Waals surface area (Å²) in [5, 5.41) is 0. The van der Waals surface area contributed by atoms with Gasteiger partial charge in [-0.05, 0) is 43.9 Å². The van der Waals surface area contributed by atoms with Crippen LogP contribution in [0.4, 0.5) is 0 Å². The molecule has 0 aliphatic heterocycles. The number of ether oxygens (including phenoxy) is 1. The molecular weight excluding hydrogens is 230 g/mol. The molecule has 3 unspecified atom stereocenters. The van der Waals surface area contributed by atoms with Crippen molar-refractivity contribution in [1.29, 1.82) is 0 Å². The van der Waals surface area contributed by atoms with E-state index in [1.165, 1.54) is 32.1 Å². The molecule has 0 aromatic rings. The Morgan fingerprint density at radius 1 is 1.29 bits per heavy atom.